The number of aliphatic hydroxyl groups is 1. The maximum Gasteiger partial charge on any atom is 0.423 e. The van der Waals surface area contributed by atoms with Crippen molar-refractivity contribution < 1.29 is 28.2 Å². The van der Waals surface area contributed by atoms with E-state index in [9.17, 15) is 23.1 Å². The van der Waals surface area contributed by atoms with Crippen LogP contribution in [0.3, 0.4) is 0 Å². The summed E-state index contributed by atoms with van der Waals surface area (Å²) in [7, 11) is 0. The Labute approximate surface area is 155 Å². The van der Waals surface area contributed by atoms with Gasteiger partial charge in [0.05, 0.1) is 18.3 Å². The van der Waals surface area contributed by atoms with E-state index in [2.05, 4.69) is 10.3 Å². The van der Waals surface area contributed by atoms with Crippen LogP contribution in [0, 0.1) is 0 Å². The number of nitrogens with zero attached hydrogens (tertiary/aromatic N) is 4. The second kappa shape index (κ2) is 6.54. The molecule has 2 N–H and O–H groups in total. The first-order valence-corrected chi connectivity index (χ1v) is 8.17. The van der Waals surface area contributed by atoms with E-state index in [1.54, 1.807) is 18.3 Å². The second-order valence-corrected chi connectivity index (χ2v) is 6.35. The molecule has 1 unspecified atom stereocenters. The third-order valence-corrected chi connectivity index (χ3v) is 4.68. The lowest BCUT2D eigenvalue weighted by molar-refractivity contribution is -0.269. The van der Waals surface area contributed by atoms with Crippen LogP contribution in [-0.4, -0.2) is 41.8 Å². The fourth-order valence-electron chi connectivity index (χ4n) is 2.72. The molecule has 0 aliphatic heterocycles. The van der Waals surface area contributed by atoms with Crippen LogP contribution in [0.5, 0.6) is 0 Å². The summed E-state index contributed by atoms with van der Waals surface area (Å²) in [6.07, 6.45) is -2.89. The maximum atomic E-state index is 13.1. The molecule has 0 bridgehead atoms. The van der Waals surface area contributed by atoms with Crippen molar-refractivity contribution in [1.82, 2.24) is 19.4 Å². The Morgan fingerprint density at radius 1 is 1.33 bits per heavy atom. The number of carboxylic acids is 1. The monoisotopic (exact) mass is 402 g/mol. The smallest absolute Gasteiger partial charge is 0.423 e. The predicted octanol–water partition coefficient (Wildman–Crippen LogP) is 3.09. The predicted molar refractivity (Wildman–Crippen MR) is 88.7 cm³/mol. The van der Waals surface area contributed by atoms with Crippen molar-refractivity contribution in [2.24, 2.45) is 0 Å². The molecule has 7 nitrogen and oxygen atoms in total. The lowest BCUT2D eigenvalue weighted by Gasteiger charge is -2.26. The molecule has 3 heterocycles. The molecule has 0 saturated heterocycles. The molecule has 0 aromatic carbocycles. The molecule has 3 aromatic heterocycles. The summed E-state index contributed by atoms with van der Waals surface area (Å²) < 4.78 is 42.0. The highest BCUT2D eigenvalue weighted by molar-refractivity contribution is 6.33. The highest BCUT2D eigenvalue weighted by Crippen LogP contribution is 2.40. The molecular formula is C16H14ClF3N4O3. The summed E-state index contributed by atoms with van der Waals surface area (Å²) in [5.41, 5.74) is -2.57. The van der Waals surface area contributed by atoms with E-state index in [0.29, 0.717) is 11.1 Å². The first-order valence-electron chi connectivity index (χ1n) is 7.79. The van der Waals surface area contributed by atoms with Gasteiger partial charge in [0.1, 0.15) is 10.8 Å². The topological polar surface area (TPSA) is 92.7 Å². The van der Waals surface area contributed by atoms with Crippen molar-refractivity contribution in [2.75, 3.05) is 0 Å². The largest absolute Gasteiger partial charge is 0.478 e. The molecule has 0 aliphatic carbocycles. The Kier molecular flexibility index (Phi) is 4.64. The van der Waals surface area contributed by atoms with E-state index in [-0.39, 0.29) is 17.3 Å². The summed E-state index contributed by atoms with van der Waals surface area (Å²) in [6, 6.07) is 4.65. The lowest BCUT2D eigenvalue weighted by Crippen LogP contribution is -2.42. The van der Waals surface area contributed by atoms with Crippen molar-refractivity contribution in [2.45, 2.75) is 31.7 Å². The summed E-state index contributed by atoms with van der Waals surface area (Å²) >= 11 is 6.00. The molecule has 1 atom stereocenters. The molecule has 0 saturated carbocycles. The van der Waals surface area contributed by atoms with Crippen LogP contribution in [-0.2, 0) is 12.1 Å². The first kappa shape index (κ1) is 19.2. The second-order valence-electron chi connectivity index (χ2n) is 6.00. The normalized spacial score (nSPS) is 14.4. The van der Waals surface area contributed by atoms with Crippen molar-refractivity contribution in [3.63, 3.8) is 0 Å². The summed E-state index contributed by atoms with van der Waals surface area (Å²) in [5.74, 6) is -1.17. The highest BCUT2D eigenvalue weighted by atomic mass is 35.5. The molecule has 0 fully saturated rings. The van der Waals surface area contributed by atoms with Crippen LogP contribution in [0.15, 0.2) is 30.6 Å². The van der Waals surface area contributed by atoms with Crippen LogP contribution in [0.25, 0.3) is 5.52 Å². The van der Waals surface area contributed by atoms with Gasteiger partial charge < -0.3 is 14.6 Å². The number of pyridine rings is 1. The van der Waals surface area contributed by atoms with Gasteiger partial charge >= 0.3 is 12.1 Å². The fraction of sp³-hybridized carbons (Fsp3) is 0.312. The van der Waals surface area contributed by atoms with Gasteiger partial charge in [-0.1, -0.05) is 23.7 Å². The zero-order chi connectivity index (χ0) is 20.0. The van der Waals surface area contributed by atoms with Gasteiger partial charge in [-0.2, -0.15) is 13.2 Å². The van der Waals surface area contributed by atoms with Gasteiger partial charge in [0.15, 0.2) is 0 Å². The van der Waals surface area contributed by atoms with Crippen molar-refractivity contribution >= 4 is 23.1 Å². The van der Waals surface area contributed by atoms with Gasteiger partial charge in [-0.3, -0.25) is 0 Å². The van der Waals surface area contributed by atoms with Crippen LogP contribution >= 0.6 is 11.6 Å². The number of carboxylic acid groups (broad SMARTS) is 1. The third-order valence-electron chi connectivity index (χ3n) is 4.29. The number of aromatic carboxylic acids is 1. The minimum absolute atomic E-state index is 0.0466. The number of alkyl halides is 3. The summed E-state index contributed by atoms with van der Waals surface area (Å²) in [5, 5.41) is 26.2. The maximum absolute atomic E-state index is 13.1. The van der Waals surface area contributed by atoms with Crippen molar-refractivity contribution in [1.29, 1.82) is 0 Å². The Morgan fingerprint density at radius 2 is 2.04 bits per heavy atom. The molecule has 11 heteroatoms. The van der Waals surface area contributed by atoms with Crippen LogP contribution in [0.1, 0.15) is 35.0 Å². The Balaban J connectivity index is 1.90. The molecule has 144 valence electrons. The quantitative estimate of drug-likeness (QED) is 0.684. The van der Waals surface area contributed by atoms with Gasteiger partial charge in [0.25, 0.3) is 0 Å². The third kappa shape index (κ3) is 3.26. The lowest BCUT2D eigenvalue weighted by atomic mass is 9.96. The SMILES string of the molecule is CCC(O)(c1cn(Cc2ccn3c(Cl)c(C(=O)O)cc3c2)nn1)C(F)(F)F. The Hall–Kier alpha value is -2.59. The molecule has 27 heavy (non-hydrogen) atoms. The van der Waals surface area contributed by atoms with Gasteiger partial charge in [0, 0.05) is 11.7 Å². The van der Waals surface area contributed by atoms with Crippen LogP contribution in [0.4, 0.5) is 13.2 Å². The summed E-state index contributed by atoms with van der Waals surface area (Å²) in [6.45, 7) is 1.28. The molecule has 0 aliphatic rings. The zero-order valence-electron chi connectivity index (χ0n) is 13.9. The van der Waals surface area contributed by atoms with E-state index in [4.69, 9.17) is 16.7 Å². The van der Waals surface area contributed by atoms with Crippen molar-refractivity contribution in [3.05, 3.63) is 52.6 Å². The van der Waals surface area contributed by atoms with Crippen molar-refractivity contribution in [3.8, 4) is 0 Å². The first-order chi connectivity index (χ1) is 12.6. The molecule has 0 amide bonds. The minimum Gasteiger partial charge on any atom is -0.478 e. The van der Waals surface area contributed by atoms with E-state index >= 15 is 0 Å². The Bertz CT molecular complexity index is 1010. The van der Waals surface area contributed by atoms with Gasteiger partial charge in [-0.15, -0.1) is 5.10 Å². The van der Waals surface area contributed by atoms with E-state index in [1.165, 1.54) is 17.4 Å². The molecular weight excluding hydrogens is 389 g/mol. The minimum atomic E-state index is -4.88. The average Bonchev–Trinajstić information content (AvgIpc) is 3.18. The van der Waals surface area contributed by atoms with Gasteiger partial charge in [-0.05, 0) is 30.2 Å². The molecule has 3 aromatic rings. The molecule has 0 spiro atoms. The highest BCUT2D eigenvalue weighted by Gasteiger charge is 2.55. The Morgan fingerprint density at radius 3 is 2.63 bits per heavy atom. The number of hydrogen-bond acceptors (Lipinski definition) is 4. The number of fused-ring (bicyclic) bond motifs is 1. The van der Waals surface area contributed by atoms with E-state index in [0.717, 1.165) is 10.9 Å². The standard InChI is InChI=1S/C16H14ClF3N4O3/c1-2-15(27,16(18,19)20)12-8-23(22-21-12)7-9-3-4-24-10(5-9)6-11(13(24)17)14(25)26/h3-6,8,27H,2,7H2,1H3,(H,25,26). The van der Waals surface area contributed by atoms with Gasteiger partial charge in [0.2, 0.25) is 5.60 Å². The number of rotatable bonds is 5. The number of carbonyl (C=O) groups is 1. The van der Waals surface area contributed by atoms with E-state index < -0.39 is 29.9 Å². The zero-order valence-corrected chi connectivity index (χ0v) is 14.7. The average molecular weight is 403 g/mol. The number of hydrogen-bond donors (Lipinski definition) is 2. The van der Waals surface area contributed by atoms with Gasteiger partial charge in [-0.25, -0.2) is 9.48 Å². The molecule has 0 radical (unpaired) electrons. The van der Waals surface area contributed by atoms with Crippen LogP contribution in [0.2, 0.25) is 5.15 Å². The van der Waals surface area contributed by atoms with Crippen LogP contribution < -0.4 is 0 Å². The number of aromatic nitrogens is 4. The summed E-state index contributed by atoms with van der Waals surface area (Å²) in [4.78, 5) is 11.1. The molecule has 3 rings (SSSR count). The van der Waals surface area contributed by atoms with E-state index in [1.807, 2.05) is 0 Å². The number of halogens is 4. The fourth-order valence-corrected chi connectivity index (χ4v) is 3.01.